The van der Waals surface area contributed by atoms with E-state index in [1.165, 1.54) is 0 Å². The van der Waals surface area contributed by atoms with Gasteiger partial charge in [0.25, 0.3) is 5.56 Å². The molecule has 0 radical (unpaired) electrons. The van der Waals surface area contributed by atoms with Gasteiger partial charge in [-0.25, -0.2) is 9.78 Å². The van der Waals surface area contributed by atoms with Crippen LogP contribution in [0.5, 0.6) is 0 Å². The molecule has 0 fully saturated rings. The Kier molecular flexibility index (Phi) is 2.64. The zero-order chi connectivity index (χ0) is 14.3. The highest BCUT2D eigenvalue weighted by Crippen LogP contribution is 2.19. The van der Waals surface area contributed by atoms with Crippen LogP contribution in [0, 0.1) is 6.92 Å². The smallest absolute Gasteiger partial charge is 0.360 e. The van der Waals surface area contributed by atoms with Crippen LogP contribution in [-0.2, 0) is 0 Å². The van der Waals surface area contributed by atoms with E-state index in [4.69, 9.17) is 5.11 Å². The van der Waals surface area contributed by atoms with Gasteiger partial charge in [0.1, 0.15) is 0 Å². The minimum absolute atomic E-state index is 0.441. The number of nitrogens with zero attached hydrogens (tertiary/aromatic N) is 2. The number of carboxylic acid groups (broad SMARTS) is 1. The van der Waals surface area contributed by atoms with Crippen molar-refractivity contribution in [3.63, 3.8) is 0 Å². The van der Waals surface area contributed by atoms with Crippen molar-refractivity contribution in [3.05, 3.63) is 58.3 Å². The minimum Gasteiger partial charge on any atom is -0.476 e. The molecule has 6 heteroatoms. The number of H-pyrrole nitrogens is 1. The maximum atomic E-state index is 11.6. The number of aromatic carboxylic acids is 1. The number of hydrogen-bond donors (Lipinski definition) is 2. The fourth-order valence-electron chi connectivity index (χ4n) is 2.15. The average Bonchev–Trinajstić information content (AvgIpc) is 2.90. The molecule has 2 aromatic heterocycles. The van der Waals surface area contributed by atoms with Crippen molar-refractivity contribution >= 4 is 17.0 Å². The van der Waals surface area contributed by atoms with Crippen molar-refractivity contribution in [1.82, 2.24) is 14.5 Å². The van der Waals surface area contributed by atoms with Gasteiger partial charge in [0.15, 0.2) is 0 Å². The molecule has 0 saturated heterocycles. The number of aromatic nitrogens is 3. The summed E-state index contributed by atoms with van der Waals surface area (Å²) >= 11 is 0. The molecule has 6 nitrogen and oxygen atoms in total. The van der Waals surface area contributed by atoms with E-state index in [2.05, 4.69) is 9.97 Å². The van der Waals surface area contributed by atoms with Crippen LogP contribution in [0.15, 0.2) is 41.5 Å². The standard InChI is InChI=1S/C14H11N3O3/c1-8-6-9-10(7-11(8)17-4-2-3-5-17)15-12(14(19)20)13(18)16-9/h2-7H,1H3,(H,16,18)(H,19,20). The van der Waals surface area contributed by atoms with Crippen LogP contribution < -0.4 is 5.56 Å². The maximum absolute atomic E-state index is 11.6. The third-order valence-electron chi connectivity index (χ3n) is 3.09. The summed E-state index contributed by atoms with van der Waals surface area (Å²) in [5.74, 6) is -1.34. The van der Waals surface area contributed by atoms with Crippen molar-refractivity contribution in [2.45, 2.75) is 6.92 Å². The Labute approximate surface area is 113 Å². The third-order valence-corrected chi connectivity index (χ3v) is 3.09. The molecule has 0 saturated carbocycles. The minimum atomic E-state index is -1.34. The van der Waals surface area contributed by atoms with Crippen molar-refractivity contribution in [2.24, 2.45) is 0 Å². The predicted octanol–water partition coefficient (Wildman–Crippen LogP) is 1.72. The fraction of sp³-hybridized carbons (Fsp3) is 0.0714. The second-order valence-corrected chi connectivity index (χ2v) is 4.47. The molecule has 2 heterocycles. The van der Waals surface area contributed by atoms with Gasteiger partial charge in [0.2, 0.25) is 5.69 Å². The second kappa shape index (κ2) is 4.34. The number of benzene rings is 1. The molecule has 3 rings (SSSR count). The first-order chi connectivity index (χ1) is 9.56. The van der Waals surface area contributed by atoms with E-state index in [1.807, 2.05) is 36.0 Å². The van der Waals surface area contributed by atoms with E-state index in [0.29, 0.717) is 11.0 Å². The summed E-state index contributed by atoms with van der Waals surface area (Å²) in [4.78, 5) is 29.0. The van der Waals surface area contributed by atoms with Gasteiger partial charge in [-0.15, -0.1) is 0 Å². The van der Waals surface area contributed by atoms with Gasteiger partial charge in [-0.2, -0.15) is 0 Å². The number of fused-ring (bicyclic) bond motifs is 1. The van der Waals surface area contributed by atoms with Crippen LogP contribution in [0.3, 0.4) is 0 Å². The summed E-state index contributed by atoms with van der Waals surface area (Å²) in [6.07, 6.45) is 3.77. The van der Waals surface area contributed by atoms with Gasteiger partial charge in [0, 0.05) is 12.4 Å². The molecule has 0 amide bonds. The van der Waals surface area contributed by atoms with Crippen molar-refractivity contribution in [1.29, 1.82) is 0 Å². The zero-order valence-electron chi connectivity index (χ0n) is 10.6. The lowest BCUT2D eigenvalue weighted by molar-refractivity contribution is 0.0689. The number of carboxylic acids is 1. The maximum Gasteiger partial charge on any atom is 0.360 e. The van der Waals surface area contributed by atoms with Crippen LogP contribution >= 0.6 is 0 Å². The number of hydrogen-bond acceptors (Lipinski definition) is 3. The lowest BCUT2D eigenvalue weighted by Gasteiger charge is -2.09. The monoisotopic (exact) mass is 269 g/mol. The van der Waals surface area contributed by atoms with Gasteiger partial charge >= 0.3 is 5.97 Å². The summed E-state index contributed by atoms with van der Waals surface area (Å²) in [5.41, 5.74) is 1.61. The van der Waals surface area contributed by atoms with Crippen LogP contribution in [0.1, 0.15) is 16.1 Å². The Morgan fingerprint density at radius 3 is 2.65 bits per heavy atom. The number of carbonyl (C=O) groups is 1. The molecule has 0 aliphatic carbocycles. The number of aryl methyl sites for hydroxylation is 1. The topological polar surface area (TPSA) is 88.0 Å². The summed E-state index contributed by atoms with van der Waals surface area (Å²) in [6.45, 7) is 1.91. The van der Waals surface area contributed by atoms with Crippen molar-refractivity contribution in [2.75, 3.05) is 0 Å². The quantitative estimate of drug-likeness (QED) is 0.741. The lowest BCUT2D eigenvalue weighted by Crippen LogP contribution is -2.20. The Morgan fingerprint density at radius 1 is 1.30 bits per heavy atom. The Balaban J connectivity index is 2.31. The molecule has 3 aromatic rings. The first kappa shape index (κ1) is 12.2. The van der Waals surface area contributed by atoms with E-state index in [-0.39, 0.29) is 0 Å². The Hall–Kier alpha value is -2.89. The molecule has 20 heavy (non-hydrogen) atoms. The zero-order valence-corrected chi connectivity index (χ0v) is 10.6. The van der Waals surface area contributed by atoms with Crippen LogP contribution in [0.2, 0.25) is 0 Å². The highest BCUT2D eigenvalue weighted by molar-refractivity contribution is 5.88. The molecule has 1 aromatic carbocycles. The number of rotatable bonds is 2. The van der Waals surface area contributed by atoms with Gasteiger partial charge in [-0.05, 0) is 36.8 Å². The van der Waals surface area contributed by atoms with E-state index >= 15 is 0 Å². The molecule has 0 atom stereocenters. The third kappa shape index (κ3) is 1.87. The van der Waals surface area contributed by atoms with Crippen LogP contribution in [-0.4, -0.2) is 25.6 Å². The van der Waals surface area contributed by atoms with Gasteiger partial charge < -0.3 is 14.7 Å². The van der Waals surface area contributed by atoms with Gasteiger partial charge in [-0.1, -0.05) is 0 Å². The first-order valence-electron chi connectivity index (χ1n) is 5.97. The van der Waals surface area contributed by atoms with Gasteiger partial charge in [0.05, 0.1) is 16.7 Å². The molecule has 0 bridgehead atoms. The Morgan fingerprint density at radius 2 is 2.00 bits per heavy atom. The van der Waals surface area contributed by atoms with Gasteiger partial charge in [-0.3, -0.25) is 4.79 Å². The SMILES string of the molecule is Cc1cc2[nH]c(=O)c(C(=O)O)nc2cc1-n1cccc1. The van der Waals surface area contributed by atoms with E-state index in [0.717, 1.165) is 11.3 Å². The summed E-state index contributed by atoms with van der Waals surface area (Å²) in [5, 5.41) is 8.95. The van der Waals surface area contributed by atoms with Crippen LogP contribution in [0.4, 0.5) is 0 Å². The lowest BCUT2D eigenvalue weighted by atomic mass is 10.1. The second-order valence-electron chi connectivity index (χ2n) is 4.47. The van der Waals surface area contributed by atoms with Crippen LogP contribution in [0.25, 0.3) is 16.7 Å². The highest BCUT2D eigenvalue weighted by Gasteiger charge is 2.13. The van der Waals surface area contributed by atoms with E-state index < -0.39 is 17.2 Å². The molecule has 0 unspecified atom stereocenters. The normalized spacial score (nSPS) is 10.8. The molecule has 0 aliphatic rings. The molecular formula is C14H11N3O3. The molecule has 100 valence electrons. The van der Waals surface area contributed by atoms with Crippen molar-refractivity contribution in [3.8, 4) is 5.69 Å². The summed E-state index contributed by atoms with van der Waals surface area (Å²) in [7, 11) is 0. The predicted molar refractivity (Wildman–Crippen MR) is 73.4 cm³/mol. The summed E-state index contributed by atoms with van der Waals surface area (Å²) < 4.78 is 1.90. The van der Waals surface area contributed by atoms with Crippen molar-refractivity contribution < 1.29 is 9.90 Å². The van der Waals surface area contributed by atoms with E-state index in [1.54, 1.807) is 12.1 Å². The Bertz CT molecular complexity index is 863. The first-order valence-corrected chi connectivity index (χ1v) is 5.97. The van der Waals surface area contributed by atoms with E-state index in [9.17, 15) is 9.59 Å². The molecule has 0 spiro atoms. The molecular weight excluding hydrogens is 258 g/mol. The molecule has 0 aliphatic heterocycles. The largest absolute Gasteiger partial charge is 0.476 e. The summed E-state index contributed by atoms with van der Waals surface area (Å²) in [6, 6.07) is 7.33. The fourth-order valence-corrected chi connectivity index (χ4v) is 2.15. The highest BCUT2D eigenvalue weighted by atomic mass is 16.4. The number of nitrogens with one attached hydrogen (secondary N) is 1. The number of aromatic amines is 1. The average molecular weight is 269 g/mol. The molecule has 2 N–H and O–H groups in total.